The van der Waals surface area contributed by atoms with E-state index < -0.39 is 34.6 Å². The molecule has 17 heteroatoms. The number of hydrogen-bond acceptors (Lipinski definition) is 0. The van der Waals surface area contributed by atoms with Gasteiger partial charge in [0.2, 0.25) is 11.9 Å². The number of rotatable bonds is 5. The normalized spacial score (nSPS) is 16.6. The van der Waals surface area contributed by atoms with E-state index in [-0.39, 0.29) is 0 Å². The molecule has 0 aromatic heterocycles. The molecule has 0 N–H and O–H groups in total. The molecular weight excluding hydrogens is 699 g/mol. The second-order valence-electron chi connectivity index (χ2n) is 4.18. The third kappa shape index (κ3) is 5.47. The summed E-state index contributed by atoms with van der Waals surface area (Å²) >= 11 is 100. The van der Waals surface area contributed by atoms with Gasteiger partial charge in [0, 0.05) is 0 Å². The first-order valence-corrected chi connectivity index (χ1v) is 11.4. The molecule has 0 aromatic carbocycles. The van der Waals surface area contributed by atoms with E-state index in [1.165, 1.54) is 0 Å². The van der Waals surface area contributed by atoms with Crippen molar-refractivity contribution in [3.63, 3.8) is 0 Å². The molecule has 0 spiro atoms. The highest BCUT2D eigenvalue weighted by Crippen LogP contribution is 2.71. The summed E-state index contributed by atoms with van der Waals surface area (Å²) in [5.74, 6) is 0. The van der Waals surface area contributed by atoms with E-state index in [0.717, 1.165) is 0 Å². The smallest absolute Gasteiger partial charge is 0.109 e. The number of alkyl halides is 16. The van der Waals surface area contributed by atoms with Crippen molar-refractivity contribution in [2.75, 3.05) is 0 Å². The maximum absolute atomic E-state index is 6.11. The lowest BCUT2D eigenvalue weighted by atomic mass is 10.1. The first-order valence-electron chi connectivity index (χ1n) is 4.96. The fraction of sp³-hybridized carbons (Fsp3) is 0.875. The van der Waals surface area contributed by atoms with E-state index in [2.05, 4.69) is 0 Å². The molecule has 0 amide bonds. The van der Waals surface area contributed by atoms with E-state index >= 15 is 0 Å². The molecule has 25 heavy (non-hydrogen) atoms. The van der Waals surface area contributed by atoms with Gasteiger partial charge in [-0.2, -0.15) is 0 Å². The predicted molar refractivity (Wildman–Crippen MR) is 122 cm³/mol. The summed E-state index contributed by atoms with van der Waals surface area (Å²) in [5.41, 5.74) is 0. The van der Waals surface area contributed by atoms with Crippen molar-refractivity contribution in [3.05, 3.63) is 5.38 Å². The minimum absolute atomic E-state index is 0.836. The van der Waals surface area contributed by atoms with Crippen molar-refractivity contribution in [2.45, 2.75) is 29.3 Å². The van der Waals surface area contributed by atoms with E-state index in [1.54, 1.807) is 0 Å². The molecule has 0 nitrogen and oxygen atoms in total. The van der Waals surface area contributed by atoms with Crippen LogP contribution in [-0.2, 0) is 0 Å². The Hall–Kier alpha value is 4.93. The average molecular weight is 699 g/mol. The van der Waals surface area contributed by atoms with Crippen LogP contribution >= 0.6 is 197 Å². The van der Waals surface area contributed by atoms with E-state index in [0.29, 0.717) is 0 Å². The van der Waals surface area contributed by atoms with Crippen LogP contribution in [0.25, 0.3) is 0 Å². The minimum Gasteiger partial charge on any atom is -0.109 e. The van der Waals surface area contributed by atoms with E-state index in [1.807, 2.05) is 0 Å². The van der Waals surface area contributed by atoms with Gasteiger partial charge in [-0.25, -0.2) is 0 Å². The highest BCUT2D eigenvalue weighted by molar-refractivity contribution is 6.83. The van der Waals surface area contributed by atoms with Crippen molar-refractivity contribution in [3.8, 4) is 0 Å². The lowest BCUT2D eigenvalue weighted by molar-refractivity contribution is 0.506. The Morgan fingerprint density at radius 2 is 0.680 bits per heavy atom. The standard InChI is InChI=1S/C8Cl17/c9-1(3(12,13)14)2(10,11)4(15,16)5(17,18)6(19,20)7(21,22)8(23,24)25. The molecule has 0 rings (SSSR count). The monoisotopic (exact) mass is 690 g/mol. The zero-order valence-corrected chi connectivity index (χ0v) is 23.3. The molecule has 0 aliphatic rings. The molecule has 0 aliphatic carbocycles. The summed E-state index contributed by atoms with van der Waals surface area (Å²) in [6.07, 6.45) is 0. The Morgan fingerprint density at radius 3 is 0.920 bits per heavy atom. The van der Waals surface area contributed by atoms with Gasteiger partial charge in [0.25, 0.3) is 0 Å². The molecular formula is C8Cl17. The molecule has 0 saturated carbocycles. The van der Waals surface area contributed by atoms with Crippen molar-refractivity contribution in [1.29, 1.82) is 0 Å². The number of hydrogen-bond donors (Lipinski definition) is 0. The van der Waals surface area contributed by atoms with Crippen molar-refractivity contribution in [1.82, 2.24) is 0 Å². The van der Waals surface area contributed by atoms with Crippen LogP contribution in [0.5, 0.6) is 0 Å². The topological polar surface area (TPSA) is 0 Å². The van der Waals surface area contributed by atoms with Gasteiger partial charge in [-0.15, -0.1) is 11.6 Å². The third-order valence-corrected chi connectivity index (χ3v) is 12.5. The zero-order valence-electron chi connectivity index (χ0n) is 10.4. The predicted octanol–water partition coefficient (Wildman–Crippen LogP) is 10.4. The molecule has 151 valence electrons. The quantitative estimate of drug-likeness (QED) is 0.251. The van der Waals surface area contributed by atoms with Gasteiger partial charge >= 0.3 is 0 Å². The average Bonchev–Trinajstić information content (AvgIpc) is 2.34. The fourth-order valence-electron chi connectivity index (χ4n) is 1.09. The Bertz CT molecular complexity index is 478. The molecule has 1 radical (unpaired) electrons. The van der Waals surface area contributed by atoms with Crippen LogP contribution in [0.4, 0.5) is 0 Å². The Labute approximate surface area is 228 Å². The zero-order chi connectivity index (χ0) is 21.1. The Morgan fingerprint density at radius 1 is 0.400 bits per heavy atom. The SMILES string of the molecule is Cl[C](C(Cl)(Cl)Cl)C(Cl)(Cl)C(Cl)(Cl)C(Cl)(Cl)C(Cl)(Cl)C(Cl)(Cl)C(Cl)(Cl)Cl. The van der Waals surface area contributed by atoms with Gasteiger partial charge < -0.3 is 0 Å². The maximum Gasteiger partial charge on any atom is 0.226 e. The second-order valence-corrected chi connectivity index (χ2v) is 15.8. The molecule has 0 atom stereocenters. The highest BCUT2D eigenvalue weighted by Gasteiger charge is 2.78. The molecule has 0 aromatic rings. The van der Waals surface area contributed by atoms with Crippen molar-refractivity contribution >= 4 is 197 Å². The van der Waals surface area contributed by atoms with Crippen LogP contribution in [0.1, 0.15) is 0 Å². The first kappa shape index (κ1) is 29.9. The Balaban J connectivity index is 6.40. The summed E-state index contributed by atoms with van der Waals surface area (Å²) in [4.78, 5) is 0. The van der Waals surface area contributed by atoms with Gasteiger partial charge in [-0.1, -0.05) is 186 Å². The van der Waals surface area contributed by atoms with Gasteiger partial charge in [-0.3, -0.25) is 0 Å². The number of halogens is 17. The minimum atomic E-state index is -2.89. The summed E-state index contributed by atoms with van der Waals surface area (Å²) < 4.78 is -18.9. The van der Waals surface area contributed by atoms with Crippen LogP contribution in [-0.4, -0.2) is 29.3 Å². The summed E-state index contributed by atoms with van der Waals surface area (Å²) in [6, 6.07) is 0. The van der Waals surface area contributed by atoms with Gasteiger partial charge in [0.15, 0.2) is 22.7 Å². The van der Waals surface area contributed by atoms with Crippen molar-refractivity contribution in [2.24, 2.45) is 0 Å². The molecule has 0 saturated heterocycles. The largest absolute Gasteiger partial charge is 0.226 e. The van der Waals surface area contributed by atoms with E-state index in [4.69, 9.17) is 197 Å². The molecule has 0 fully saturated rings. The fourth-order valence-corrected chi connectivity index (χ4v) is 5.79. The first-order chi connectivity index (χ1) is 10.4. The van der Waals surface area contributed by atoms with Gasteiger partial charge in [0.1, 0.15) is 0 Å². The summed E-state index contributed by atoms with van der Waals surface area (Å²) in [7, 11) is 0. The molecule has 0 aliphatic heterocycles. The van der Waals surface area contributed by atoms with Crippen LogP contribution in [0.2, 0.25) is 0 Å². The van der Waals surface area contributed by atoms with Gasteiger partial charge in [0.05, 0.1) is 0 Å². The maximum atomic E-state index is 6.11. The highest BCUT2D eigenvalue weighted by atomic mass is 35.6. The second kappa shape index (κ2) is 9.05. The summed E-state index contributed by atoms with van der Waals surface area (Å²) in [6.45, 7) is 0. The lowest BCUT2D eigenvalue weighted by Crippen LogP contribution is -2.66. The van der Waals surface area contributed by atoms with Gasteiger partial charge in [-0.05, 0) is 0 Å². The van der Waals surface area contributed by atoms with Crippen LogP contribution < -0.4 is 0 Å². The van der Waals surface area contributed by atoms with E-state index in [9.17, 15) is 0 Å². The lowest BCUT2D eigenvalue weighted by Gasteiger charge is -2.51. The van der Waals surface area contributed by atoms with Crippen LogP contribution in [0, 0.1) is 5.38 Å². The third-order valence-electron chi connectivity index (χ3n) is 2.46. The summed E-state index contributed by atoms with van der Waals surface area (Å²) in [5, 5.41) is -0.836. The molecule has 0 unspecified atom stereocenters. The van der Waals surface area contributed by atoms with Crippen LogP contribution in [0.15, 0.2) is 0 Å². The van der Waals surface area contributed by atoms with Crippen LogP contribution in [0.3, 0.4) is 0 Å². The van der Waals surface area contributed by atoms with Crippen molar-refractivity contribution < 1.29 is 0 Å². The molecule has 0 heterocycles. The Kier molecular flexibility index (Phi) is 10.8. The molecule has 0 bridgehead atoms.